The van der Waals surface area contributed by atoms with E-state index in [2.05, 4.69) is 4.74 Å². The number of carbonyl (C=O) groups excluding carboxylic acids is 1. The molecule has 8 heteroatoms. The monoisotopic (exact) mass is 320 g/mol. The van der Waals surface area contributed by atoms with Gasteiger partial charge in [0.15, 0.2) is 16.1 Å². The fourth-order valence-corrected chi connectivity index (χ4v) is 3.45. The summed E-state index contributed by atoms with van der Waals surface area (Å²) >= 11 is 6.06. The molecule has 0 amide bonds. The van der Waals surface area contributed by atoms with E-state index >= 15 is 0 Å². The van der Waals surface area contributed by atoms with Crippen molar-refractivity contribution in [1.82, 2.24) is 0 Å². The van der Waals surface area contributed by atoms with E-state index in [-0.39, 0.29) is 21.0 Å². The first-order chi connectivity index (χ1) is 9.36. The number of sulfone groups is 1. The van der Waals surface area contributed by atoms with Crippen LogP contribution in [0.3, 0.4) is 0 Å². The van der Waals surface area contributed by atoms with Gasteiger partial charge in [0.25, 0.3) is 0 Å². The largest absolute Gasteiger partial charge is 0.465 e. The van der Waals surface area contributed by atoms with Crippen molar-refractivity contribution >= 4 is 27.4 Å². The van der Waals surface area contributed by atoms with Crippen molar-refractivity contribution < 1.29 is 27.4 Å². The van der Waals surface area contributed by atoms with E-state index in [0.29, 0.717) is 13.2 Å². The lowest BCUT2D eigenvalue weighted by Crippen LogP contribution is -2.15. The van der Waals surface area contributed by atoms with Crippen LogP contribution in [0.1, 0.15) is 22.2 Å². The van der Waals surface area contributed by atoms with E-state index in [1.165, 1.54) is 19.2 Å². The smallest absolute Gasteiger partial charge is 0.339 e. The Balaban J connectivity index is 2.73. The van der Waals surface area contributed by atoms with Crippen LogP contribution in [0.5, 0.6) is 0 Å². The molecule has 0 aliphatic carbocycles. The summed E-state index contributed by atoms with van der Waals surface area (Å²) in [7, 11) is -2.55. The van der Waals surface area contributed by atoms with Crippen LogP contribution >= 0.6 is 11.6 Å². The zero-order chi connectivity index (χ0) is 14.9. The number of carbonyl (C=O) groups is 1. The molecule has 1 aliphatic rings. The van der Waals surface area contributed by atoms with Crippen LogP contribution in [0.4, 0.5) is 0 Å². The molecule has 1 aliphatic heterocycles. The van der Waals surface area contributed by atoms with Crippen LogP contribution in [0.15, 0.2) is 17.0 Å². The van der Waals surface area contributed by atoms with E-state index in [9.17, 15) is 13.2 Å². The van der Waals surface area contributed by atoms with Crippen LogP contribution in [-0.2, 0) is 24.0 Å². The quantitative estimate of drug-likeness (QED) is 0.787. The number of esters is 1. The van der Waals surface area contributed by atoms with Crippen molar-refractivity contribution in [2.75, 3.05) is 26.6 Å². The Kier molecular flexibility index (Phi) is 4.33. The minimum Gasteiger partial charge on any atom is -0.465 e. The summed E-state index contributed by atoms with van der Waals surface area (Å²) in [5.41, 5.74) is 0.0445. The van der Waals surface area contributed by atoms with Gasteiger partial charge in [0.2, 0.25) is 0 Å². The number of halogens is 1. The number of rotatable bonds is 3. The van der Waals surface area contributed by atoms with Crippen LogP contribution in [0.2, 0.25) is 5.02 Å². The average molecular weight is 321 g/mol. The molecule has 0 N–H and O–H groups in total. The second kappa shape index (κ2) is 5.69. The number of benzene rings is 1. The van der Waals surface area contributed by atoms with Crippen molar-refractivity contribution in [1.29, 1.82) is 0 Å². The van der Waals surface area contributed by atoms with Gasteiger partial charge in [-0.25, -0.2) is 13.2 Å². The maximum absolute atomic E-state index is 12.0. The van der Waals surface area contributed by atoms with Crippen molar-refractivity contribution in [3.63, 3.8) is 0 Å². The molecule has 1 aromatic carbocycles. The third-order valence-corrected chi connectivity index (χ3v) is 4.29. The number of hydrogen-bond donors (Lipinski definition) is 0. The molecule has 1 heterocycles. The first-order valence-corrected chi connectivity index (χ1v) is 7.97. The van der Waals surface area contributed by atoms with Crippen molar-refractivity contribution in [2.45, 2.75) is 11.2 Å². The second-order valence-electron chi connectivity index (χ2n) is 4.18. The molecule has 0 aromatic heterocycles. The standard InChI is InChI=1S/C12H13ClO6S/c1-17-11(14)7-3-4-8(13)9(10(7)20(2,15)16)12-18-5-6-19-12/h3-4,12H,5-6H2,1-2H3. The lowest BCUT2D eigenvalue weighted by molar-refractivity contribution is -0.0461. The lowest BCUT2D eigenvalue weighted by atomic mass is 10.1. The van der Waals surface area contributed by atoms with Gasteiger partial charge in [-0.2, -0.15) is 0 Å². The van der Waals surface area contributed by atoms with Gasteiger partial charge in [0.1, 0.15) is 0 Å². The average Bonchev–Trinajstić information content (AvgIpc) is 2.90. The van der Waals surface area contributed by atoms with Gasteiger partial charge in [0, 0.05) is 11.8 Å². The summed E-state index contributed by atoms with van der Waals surface area (Å²) in [5, 5.41) is 0.157. The van der Waals surface area contributed by atoms with Crippen LogP contribution in [-0.4, -0.2) is 41.0 Å². The highest BCUT2D eigenvalue weighted by Crippen LogP contribution is 2.37. The van der Waals surface area contributed by atoms with Crippen molar-refractivity contribution in [3.8, 4) is 0 Å². The summed E-state index contributed by atoms with van der Waals surface area (Å²) in [6.45, 7) is 0.652. The Labute approximate surface area is 121 Å². The Bertz CT molecular complexity index is 634. The van der Waals surface area contributed by atoms with Crippen LogP contribution in [0, 0.1) is 0 Å². The van der Waals surface area contributed by atoms with Gasteiger partial charge in [0.05, 0.1) is 35.8 Å². The molecule has 110 valence electrons. The zero-order valence-corrected chi connectivity index (χ0v) is 12.5. The predicted octanol–water partition coefficient (Wildman–Crippen LogP) is 1.58. The molecule has 1 saturated heterocycles. The predicted molar refractivity (Wildman–Crippen MR) is 70.5 cm³/mol. The summed E-state index contributed by atoms with van der Waals surface area (Å²) < 4.78 is 39.3. The van der Waals surface area contributed by atoms with Crippen LogP contribution in [0.25, 0.3) is 0 Å². The molecule has 0 spiro atoms. The van der Waals surface area contributed by atoms with Crippen LogP contribution < -0.4 is 0 Å². The highest BCUT2D eigenvalue weighted by molar-refractivity contribution is 7.90. The number of hydrogen-bond acceptors (Lipinski definition) is 6. The van der Waals surface area contributed by atoms with Gasteiger partial charge in [-0.3, -0.25) is 0 Å². The number of methoxy groups -OCH3 is 1. The Morgan fingerprint density at radius 2 is 1.95 bits per heavy atom. The van der Waals surface area contributed by atoms with Gasteiger partial charge in [-0.15, -0.1) is 0 Å². The second-order valence-corrected chi connectivity index (χ2v) is 6.53. The first-order valence-electron chi connectivity index (χ1n) is 5.70. The van der Waals surface area contributed by atoms with E-state index in [0.717, 1.165) is 6.26 Å². The minimum absolute atomic E-state index is 0.0894. The molecule has 0 bridgehead atoms. The van der Waals surface area contributed by atoms with Gasteiger partial charge in [-0.1, -0.05) is 11.6 Å². The molecular formula is C12H13ClO6S. The summed E-state index contributed by atoms with van der Waals surface area (Å²) in [5.74, 6) is -0.763. The molecule has 6 nitrogen and oxygen atoms in total. The summed E-state index contributed by atoms with van der Waals surface area (Å²) in [4.78, 5) is 11.5. The van der Waals surface area contributed by atoms with E-state index in [4.69, 9.17) is 21.1 Å². The highest BCUT2D eigenvalue weighted by Gasteiger charge is 2.32. The molecule has 0 radical (unpaired) electrons. The minimum atomic E-state index is -3.72. The fourth-order valence-electron chi connectivity index (χ4n) is 1.99. The normalized spacial score (nSPS) is 16.4. The maximum atomic E-state index is 12.0. The topological polar surface area (TPSA) is 78.9 Å². The molecule has 0 atom stereocenters. The molecule has 0 unspecified atom stereocenters. The SMILES string of the molecule is COC(=O)c1ccc(Cl)c(C2OCCO2)c1S(C)(=O)=O. The van der Waals surface area contributed by atoms with E-state index in [1.54, 1.807) is 0 Å². The fraction of sp³-hybridized carbons (Fsp3) is 0.417. The Morgan fingerprint density at radius 1 is 1.35 bits per heavy atom. The van der Waals surface area contributed by atoms with Gasteiger partial charge >= 0.3 is 5.97 Å². The third kappa shape index (κ3) is 2.80. The zero-order valence-electron chi connectivity index (χ0n) is 10.9. The lowest BCUT2D eigenvalue weighted by Gasteiger charge is -2.17. The molecule has 1 aromatic rings. The van der Waals surface area contributed by atoms with Crippen molar-refractivity contribution in [3.05, 3.63) is 28.3 Å². The molecule has 1 fully saturated rings. The maximum Gasteiger partial charge on any atom is 0.339 e. The van der Waals surface area contributed by atoms with E-state index in [1.807, 2.05) is 0 Å². The molecule has 20 heavy (non-hydrogen) atoms. The number of ether oxygens (including phenoxy) is 3. The first kappa shape index (κ1) is 15.2. The van der Waals surface area contributed by atoms with Gasteiger partial charge in [-0.05, 0) is 12.1 Å². The van der Waals surface area contributed by atoms with Crippen molar-refractivity contribution in [2.24, 2.45) is 0 Å². The molecule has 0 saturated carbocycles. The summed E-state index contributed by atoms with van der Waals surface area (Å²) in [6, 6.07) is 2.73. The van der Waals surface area contributed by atoms with Gasteiger partial charge < -0.3 is 14.2 Å². The highest BCUT2D eigenvalue weighted by atomic mass is 35.5. The molecular weight excluding hydrogens is 308 g/mol. The Morgan fingerprint density at radius 3 is 2.45 bits per heavy atom. The Hall–Kier alpha value is -1.15. The summed E-state index contributed by atoms with van der Waals surface area (Å²) in [6.07, 6.45) is 0.0839. The van der Waals surface area contributed by atoms with E-state index < -0.39 is 22.1 Å². The third-order valence-electron chi connectivity index (χ3n) is 2.78. The molecule has 2 rings (SSSR count).